The molecule has 5 heteroatoms. The average molecular weight is 266 g/mol. The monoisotopic (exact) mass is 266 g/mol. The van der Waals surface area contributed by atoms with Crippen LogP contribution in [0.2, 0.25) is 0 Å². The summed E-state index contributed by atoms with van der Waals surface area (Å²) in [5.74, 6) is 0.430. The van der Waals surface area contributed by atoms with E-state index >= 15 is 0 Å². The number of nitrogens with two attached hydrogens (primary N) is 1. The van der Waals surface area contributed by atoms with Crippen molar-refractivity contribution < 1.29 is 4.39 Å². The molecule has 0 bridgehead atoms. The van der Waals surface area contributed by atoms with Gasteiger partial charge in [0.1, 0.15) is 17.7 Å². The van der Waals surface area contributed by atoms with E-state index < -0.39 is 0 Å². The van der Waals surface area contributed by atoms with Gasteiger partial charge in [-0.3, -0.25) is 4.40 Å². The highest BCUT2D eigenvalue weighted by Crippen LogP contribution is 2.18. The highest BCUT2D eigenvalue weighted by atomic mass is 19.1. The van der Waals surface area contributed by atoms with Crippen LogP contribution in [0.15, 0.2) is 42.6 Å². The second-order valence-corrected chi connectivity index (χ2v) is 4.51. The van der Waals surface area contributed by atoms with Crippen molar-refractivity contribution >= 4 is 11.2 Å². The quantitative estimate of drug-likeness (QED) is 0.775. The molecule has 3 rings (SSSR count). The average Bonchev–Trinajstić information content (AvgIpc) is 2.79. The third-order valence-corrected chi connectivity index (χ3v) is 3.11. The molecule has 0 aliphatic heterocycles. The van der Waals surface area contributed by atoms with Crippen LogP contribution in [0, 0.1) is 17.1 Å². The highest BCUT2D eigenvalue weighted by molar-refractivity contribution is 5.61. The van der Waals surface area contributed by atoms with Crippen LogP contribution in [0.4, 0.5) is 10.1 Å². The highest BCUT2D eigenvalue weighted by Gasteiger charge is 2.11. The number of imidazole rings is 1. The van der Waals surface area contributed by atoms with Gasteiger partial charge in [-0.15, -0.1) is 0 Å². The Morgan fingerprint density at radius 2 is 1.95 bits per heavy atom. The van der Waals surface area contributed by atoms with Crippen LogP contribution in [0.5, 0.6) is 0 Å². The van der Waals surface area contributed by atoms with Gasteiger partial charge in [0.2, 0.25) is 0 Å². The van der Waals surface area contributed by atoms with E-state index in [1.165, 1.54) is 12.1 Å². The van der Waals surface area contributed by atoms with Gasteiger partial charge in [-0.25, -0.2) is 9.37 Å². The largest absolute Gasteiger partial charge is 0.398 e. The van der Waals surface area contributed by atoms with E-state index in [0.717, 1.165) is 11.1 Å². The molecule has 0 atom stereocenters. The summed E-state index contributed by atoms with van der Waals surface area (Å²) < 4.78 is 14.7. The van der Waals surface area contributed by atoms with Crippen molar-refractivity contribution in [1.82, 2.24) is 9.38 Å². The minimum atomic E-state index is -0.274. The number of anilines is 1. The van der Waals surface area contributed by atoms with Crippen LogP contribution in [0.1, 0.15) is 17.1 Å². The Kier molecular flexibility index (Phi) is 2.84. The first-order valence-electron chi connectivity index (χ1n) is 6.08. The Morgan fingerprint density at radius 3 is 2.65 bits per heavy atom. The first kappa shape index (κ1) is 12.2. The van der Waals surface area contributed by atoms with Crippen molar-refractivity contribution in [1.29, 1.82) is 5.26 Å². The molecule has 3 aromatic rings. The lowest BCUT2D eigenvalue weighted by Crippen LogP contribution is -1.98. The molecule has 2 aromatic heterocycles. The fourth-order valence-corrected chi connectivity index (χ4v) is 2.16. The Hall–Kier alpha value is -2.87. The topological polar surface area (TPSA) is 67.1 Å². The lowest BCUT2D eigenvalue weighted by atomic mass is 10.1. The van der Waals surface area contributed by atoms with Crippen molar-refractivity contribution in [3.63, 3.8) is 0 Å². The molecule has 98 valence electrons. The maximum absolute atomic E-state index is 12.9. The molecule has 0 fully saturated rings. The van der Waals surface area contributed by atoms with Crippen molar-refractivity contribution in [2.75, 3.05) is 5.73 Å². The number of halogens is 1. The number of nitrogen functional groups attached to an aromatic ring is 1. The van der Waals surface area contributed by atoms with Crippen LogP contribution < -0.4 is 5.73 Å². The number of pyridine rings is 1. The molecular weight excluding hydrogens is 255 g/mol. The van der Waals surface area contributed by atoms with Crippen LogP contribution >= 0.6 is 0 Å². The van der Waals surface area contributed by atoms with Gasteiger partial charge >= 0.3 is 0 Å². The summed E-state index contributed by atoms with van der Waals surface area (Å²) in [6.45, 7) is 0. The van der Waals surface area contributed by atoms with E-state index in [0.29, 0.717) is 23.6 Å². The second kappa shape index (κ2) is 4.67. The van der Waals surface area contributed by atoms with Crippen LogP contribution in [-0.4, -0.2) is 9.38 Å². The molecule has 0 aliphatic rings. The molecule has 0 aliphatic carbocycles. The van der Waals surface area contributed by atoms with Gasteiger partial charge in [-0.05, 0) is 29.8 Å². The van der Waals surface area contributed by atoms with E-state index in [1.54, 1.807) is 34.9 Å². The molecule has 2 N–H and O–H groups in total. The second-order valence-electron chi connectivity index (χ2n) is 4.51. The minimum Gasteiger partial charge on any atom is -0.398 e. The number of hydrogen-bond acceptors (Lipinski definition) is 3. The number of hydrogen-bond donors (Lipinski definition) is 1. The number of nitrogens with zero attached hydrogens (tertiary/aromatic N) is 3. The van der Waals surface area contributed by atoms with E-state index in [9.17, 15) is 4.39 Å². The van der Waals surface area contributed by atoms with Crippen molar-refractivity contribution in [2.45, 2.75) is 6.42 Å². The van der Waals surface area contributed by atoms with Crippen molar-refractivity contribution in [3.8, 4) is 6.07 Å². The number of benzene rings is 1. The number of rotatable bonds is 2. The summed E-state index contributed by atoms with van der Waals surface area (Å²) in [6.07, 6.45) is 2.24. The predicted octanol–water partition coefficient (Wildman–Crippen LogP) is 2.52. The number of fused-ring (bicyclic) bond motifs is 1. The molecule has 0 radical (unpaired) electrons. The molecule has 0 unspecified atom stereocenters. The Labute approximate surface area is 114 Å². The first-order valence-corrected chi connectivity index (χ1v) is 6.08. The lowest BCUT2D eigenvalue weighted by Gasteiger charge is -2.02. The lowest BCUT2D eigenvalue weighted by molar-refractivity contribution is 0.627. The van der Waals surface area contributed by atoms with Gasteiger partial charge in [0.05, 0.1) is 5.52 Å². The predicted molar refractivity (Wildman–Crippen MR) is 73.5 cm³/mol. The summed E-state index contributed by atoms with van der Waals surface area (Å²) in [5.41, 5.74) is 8.38. The van der Waals surface area contributed by atoms with Crippen LogP contribution in [0.3, 0.4) is 0 Å². The third-order valence-electron chi connectivity index (χ3n) is 3.11. The van der Waals surface area contributed by atoms with Gasteiger partial charge in [-0.1, -0.05) is 12.1 Å². The fourth-order valence-electron chi connectivity index (χ4n) is 2.16. The molecule has 0 spiro atoms. The van der Waals surface area contributed by atoms with Gasteiger partial charge < -0.3 is 5.73 Å². The van der Waals surface area contributed by atoms with E-state index in [4.69, 9.17) is 11.0 Å². The fraction of sp³-hybridized carbons (Fsp3) is 0.0667. The molecule has 0 saturated heterocycles. The van der Waals surface area contributed by atoms with Crippen LogP contribution in [0.25, 0.3) is 5.52 Å². The van der Waals surface area contributed by atoms with Gasteiger partial charge in [0, 0.05) is 18.3 Å². The van der Waals surface area contributed by atoms with Crippen molar-refractivity contribution in [2.24, 2.45) is 0 Å². The molecule has 0 amide bonds. The summed E-state index contributed by atoms with van der Waals surface area (Å²) in [4.78, 5) is 4.32. The molecule has 1 aromatic carbocycles. The SMILES string of the molecule is N#Cc1nc(Cc2ccc(F)cc2)n2cc(N)ccc12. The zero-order valence-corrected chi connectivity index (χ0v) is 10.5. The normalized spacial score (nSPS) is 10.6. The molecular formula is C15H11FN4. The Bertz CT molecular complexity index is 812. The third kappa shape index (κ3) is 2.08. The molecule has 2 heterocycles. The zero-order chi connectivity index (χ0) is 14.1. The van der Waals surface area contributed by atoms with Gasteiger partial charge in [0.25, 0.3) is 0 Å². The maximum atomic E-state index is 12.9. The van der Waals surface area contributed by atoms with E-state index in [2.05, 4.69) is 11.1 Å². The van der Waals surface area contributed by atoms with Gasteiger partial charge in [-0.2, -0.15) is 5.26 Å². The van der Waals surface area contributed by atoms with Crippen molar-refractivity contribution in [3.05, 3.63) is 65.5 Å². The Morgan fingerprint density at radius 1 is 1.20 bits per heavy atom. The maximum Gasteiger partial charge on any atom is 0.166 e. The zero-order valence-electron chi connectivity index (χ0n) is 10.5. The smallest absolute Gasteiger partial charge is 0.166 e. The molecule has 0 saturated carbocycles. The Balaban J connectivity index is 2.09. The molecule has 4 nitrogen and oxygen atoms in total. The van der Waals surface area contributed by atoms with E-state index in [-0.39, 0.29) is 5.82 Å². The van der Waals surface area contributed by atoms with E-state index in [1.807, 2.05) is 0 Å². The van der Waals surface area contributed by atoms with Crippen LogP contribution in [-0.2, 0) is 6.42 Å². The minimum absolute atomic E-state index is 0.274. The standard InChI is InChI=1S/C15H11FN4/c16-11-3-1-10(2-4-11)7-15-19-13(8-17)14-6-5-12(18)9-20(14)15/h1-6,9H,7,18H2. The molecule has 20 heavy (non-hydrogen) atoms. The number of aromatic nitrogens is 2. The van der Waals surface area contributed by atoms with Gasteiger partial charge in [0.15, 0.2) is 5.69 Å². The summed E-state index contributed by atoms with van der Waals surface area (Å²) >= 11 is 0. The number of nitriles is 1. The summed E-state index contributed by atoms with van der Waals surface area (Å²) in [5, 5.41) is 9.11. The summed E-state index contributed by atoms with van der Waals surface area (Å²) in [7, 11) is 0. The first-order chi connectivity index (χ1) is 9.67. The summed E-state index contributed by atoms with van der Waals surface area (Å²) in [6, 6.07) is 11.8.